The van der Waals surface area contributed by atoms with Crippen molar-refractivity contribution in [3.8, 4) is 0 Å². The van der Waals surface area contributed by atoms with Crippen LogP contribution in [0.15, 0.2) is 53.0 Å². The number of aryl methyl sites for hydroxylation is 2. The first-order chi connectivity index (χ1) is 15.6. The first-order valence-corrected chi connectivity index (χ1v) is 10.8. The fourth-order valence-corrected chi connectivity index (χ4v) is 4.31. The lowest BCUT2D eigenvalue weighted by Crippen LogP contribution is -2.50. The van der Waals surface area contributed by atoms with Crippen LogP contribution in [-0.2, 0) is 12.1 Å². The Balaban J connectivity index is 2.10. The van der Waals surface area contributed by atoms with Crippen LogP contribution in [0.25, 0.3) is 10.8 Å². The van der Waals surface area contributed by atoms with Gasteiger partial charge in [0.15, 0.2) is 0 Å². The highest BCUT2D eigenvalue weighted by molar-refractivity contribution is 9.10. The molecule has 3 aromatic rings. The van der Waals surface area contributed by atoms with E-state index in [0.29, 0.717) is 12.1 Å². The largest absolute Gasteiger partial charge is 0.435 e. The van der Waals surface area contributed by atoms with Gasteiger partial charge in [0.1, 0.15) is 0 Å². The topological polar surface area (TPSA) is 20.3 Å². The van der Waals surface area contributed by atoms with E-state index in [2.05, 4.69) is 15.9 Å². The molecule has 0 saturated carbocycles. The highest BCUT2D eigenvalue weighted by Gasteiger charge is 2.73. The third-order valence-corrected chi connectivity index (χ3v) is 6.12. The highest BCUT2D eigenvalue weighted by Crippen LogP contribution is 2.54. The average molecular weight is 550 g/mol. The molecular formula is C24H19BrF7NO. The number of hydrogen-bond acceptors (Lipinski definition) is 1. The molecule has 0 unspecified atom stereocenters. The van der Waals surface area contributed by atoms with Crippen LogP contribution < -0.4 is 4.90 Å². The van der Waals surface area contributed by atoms with Gasteiger partial charge < -0.3 is 4.90 Å². The second-order valence-corrected chi connectivity index (χ2v) is 8.79. The third kappa shape index (κ3) is 4.39. The summed E-state index contributed by atoms with van der Waals surface area (Å²) in [6.07, 6.45) is -12.5. The molecule has 3 aromatic carbocycles. The predicted molar refractivity (Wildman–Crippen MR) is 120 cm³/mol. The van der Waals surface area contributed by atoms with Crippen molar-refractivity contribution in [3.05, 3.63) is 75.3 Å². The monoisotopic (exact) mass is 549 g/mol. The normalized spacial score (nSPS) is 12.8. The summed E-state index contributed by atoms with van der Waals surface area (Å²) in [5.74, 6) is -0.520. The summed E-state index contributed by atoms with van der Waals surface area (Å²) < 4.78 is 95.0. The van der Waals surface area contributed by atoms with Gasteiger partial charge in [-0.3, -0.25) is 4.79 Å². The molecule has 0 bridgehead atoms. The van der Waals surface area contributed by atoms with Crippen LogP contribution in [0, 0.1) is 6.92 Å². The van der Waals surface area contributed by atoms with E-state index >= 15 is 0 Å². The smallest absolute Gasteiger partial charge is 0.311 e. The fraction of sp³-hybridized carbons (Fsp3) is 0.292. The minimum atomic E-state index is -6.22. The van der Waals surface area contributed by atoms with E-state index in [9.17, 15) is 35.5 Å². The van der Waals surface area contributed by atoms with Crippen LogP contribution in [-0.4, -0.2) is 25.3 Å². The van der Waals surface area contributed by atoms with Crippen molar-refractivity contribution in [1.82, 2.24) is 0 Å². The number of nitrogens with zero attached hydrogens (tertiary/aromatic N) is 1. The van der Waals surface area contributed by atoms with E-state index < -0.39 is 29.5 Å². The number of amides is 1. The molecule has 0 aromatic heterocycles. The third-order valence-electron chi connectivity index (χ3n) is 5.63. The maximum atomic E-state index is 14.6. The van der Waals surface area contributed by atoms with E-state index in [-0.39, 0.29) is 28.8 Å². The standard InChI is InChI=1S/C24H19BrF7NO/c1-4-14-11-18(22(26,23(27,28)29)24(30,31)32)9-13(2)20(14)33(3)21(34)17-6-5-16-12-19(25)8-7-15(16)10-17/h5-12H,4H2,1-3H3. The number of fused-ring (bicyclic) bond motifs is 1. The minimum Gasteiger partial charge on any atom is -0.311 e. The van der Waals surface area contributed by atoms with Gasteiger partial charge in [-0.15, -0.1) is 0 Å². The summed E-state index contributed by atoms with van der Waals surface area (Å²) in [5.41, 5.74) is -6.83. The quantitative estimate of drug-likeness (QED) is 0.301. The molecule has 0 heterocycles. The van der Waals surface area contributed by atoms with Crippen LogP contribution in [0.5, 0.6) is 0 Å². The van der Waals surface area contributed by atoms with Crippen molar-refractivity contribution < 1.29 is 35.5 Å². The van der Waals surface area contributed by atoms with Crippen LogP contribution >= 0.6 is 15.9 Å². The molecule has 0 N–H and O–H groups in total. The van der Waals surface area contributed by atoms with Crippen molar-refractivity contribution in [2.24, 2.45) is 0 Å². The van der Waals surface area contributed by atoms with Gasteiger partial charge in [0.25, 0.3) is 5.91 Å². The van der Waals surface area contributed by atoms with Gasteiger partial charge >= 0.3 is 18.0 Å². The number of halogens is 8. The summed E-state index contributed by atoms with van der Waals surface area (Å²) >= 11 is 3.36. The van der Waals surface area contributed by atoms with Gasteiger partial charge in [-0.05, 0) is 65.6 Å². The summed E-state index contributed by atoms with van der Waals surface area (Å²) in [6.45, 7) is 2.74. The molecule has 2 nitrogen and oxygen atoms in total. The lowest BCUT2D eigenvalue weighted by atomic mass is 9.89. The summed E-state index contributed by atoms with van der Waals surface area (Å²) in [6, 6.07) is 11.4. The Kier molecular flexibility index (Phi) is 6.78. The molecule has 10 heteroatoms. The number of rotatable bonds is 4. The SMILES string of the molecule is CCc1cc(C(F)(C(F)(F)F)C(F)(F)F)cc(C)c1N(C)C(=O)c1ccc2cc(Br)ccc2c1. The maximum absolute atomic E-state index is 14.6. The molecule has 182 valence electrons. The molecule has 0 spiro atoms. The first kappa shape index (κ1) is 26.0. The van der Waals surface area contributed by atoms with E-state index in [1.807, 2.05) is 6.07 Å². The number of benzene rings is 3. The molecule has 34 heavy (non-hydrogen) atoms. The van der Waals surface area contributed by atoms with Gasteiger partial charge in [0.2, 0.25) is 0 Å². The van der Waals surface area contributed by atoms with E-state index in [4.69, 9.17) is 0 Å². The van der Waals surface area contributed by atoms with Crippen LogP contribution in [0.2, 0.25) is 0 Å². The predicted octanol–water partition coefficient (Wildman–Crippen LogP) is 8.04. The number of carbonyl (C=O) groups excluding carboxylic acids is 1. The van der Waals surface area contributed by atoms with E-state index in [0.717, 1.165) is 20.1 Å². The summed E-state index contributed by atoms with van der Waals surface area (Å²) in [5, 5.41) is 1.63. The lowest BCUT2D eigenvalue weighted by Gasteiger charge is -2.32. The highest BCUT2D eigenvalue weighted by atomic mass is 79.9. The first-order valence-electron chi connectivity index (χ1n) is 10.1. The number of alkyl halides is 7. The van der Waals surface area contributed by atoms with Gasteiger partial charge in [-0.1, -0.05) is 41.1 Å². The number of hydrogen-bond donors (Lipinski definition) is 0. The van der Waals surface area contributed by atoms with E-state index in [1.165, 1.54) is 20.9 Å². The molecule has 0 aliphatic rings. The van der Waals surface area contributed by atoms with Gasteiger partial charge in [-0.25, -0.2) is 4.39 Å². The Hall–Kier alpha value is -2.62. The van der Waals surface area contributed by atoms with Crippen molar-refractivity contribution >= 4 is 38.3 Å². The van der Waals surface area contributed by atoms with Gasteiger partial charge in [-0.2, -0.15) is 26.3 Å². The Bertz CT molecular complexity index is 1240. The number of anilines is 1. The Morgan fingerprint density at radius 3 is 2.00 bits per heavy atom. The molecule has 0 fully saturated rings. The van der Waals surface area contributed by atoms with Crippen molar-refractivity contribution in [1.29, 1.82) is 0 Å². The molecule has 0 atom stereocenters. The van der Waals surface area contributed by atoms with Gasteiger partial charge in [0, 0.05) is 28.3 Å². The van der Waals surface area contributed by atoms with Crippen LogP contribution in [0.4, 0.5) is 36.4 Å². The zero-order valence-corrected chi connectivity index (χ0v) is 19.8. The van der Waals surface area contributed by atoms with Crippen molar-refractivity contribution in [3.63, 3.8) is 0 Å². The Morgan fingerprint density at radius 2 is 1.44 bits per heavy atom. The Labute approximate surface area is 199 Å². The summed E-state index contributed by atoms with van der Waals surface area (Å²) in [4.78, 5) is 14.3. The molecule has 1 amide bonds. The van der Waals surface area contributed by atoms with Gasteiger partial charge in [0.05, 0.1) is 0 Å². The minimum absolute atomic E-state index is 0.0221. The summed E-state index contributed by atoms with van der Waals surface area (Å²) in [7, 11) is 1.37. The molecule has 0 aliphatic heterocycles. The molecular weight excluding hydrogens is 531 g/mol. The van der Waals surface area contributed by atoms with Crippen molar-refractivity contribution in [2.45, 2.75) is 38.3 Å². The Morgan fingerprint density at radius 1 is 0.882 bits per heavy atom. The fourth-order valence-electron chi connectivity index (χ4n) is 3.93. The zero-order chi connectivity index (χ0) is 25.6. The zero-order valence-electron chi connectivity index (χ0n) is 18.2. The lowest BCUT2D eigenvalue weighted by molar-refractivity contribution is -0.348. The van der Waals surface area contributed by atoms with E-state index in [1.54, 1.807) is 30.3 Å². The maximum Gasteiger partial charge on any atom is 0.435 e. The molecule has 0 radical (unpaired) electrons. The molecule has 0 saturated heterocycles. The second-order valence-electron chi connectivity index (χ2n) is 7.88. The molecule has 3 rings (SSSR count). The second kappa shape index (κ2) is 8.87. The molecule has 0 aliphatic carbocycles. The average Bonchev–Trinajstić information content (AvgIpc) is 2.74. The van der Waals surface area contributed by atoms with Crippen molar-refractivity contribution in [2.75, 3.05) is 11.9 Å². The van der Waals surface area contributed by atoms with Crippen LogP contribution in [0.3, 0.4) is 0 Å². The van der Waals surface area contributed by atoms with Crippen LogP contribution in [0.1, 0.15) is 34.0 Å². The number of carbonyl (C=O) groups is 1.